The summed E-state index contributed by atoms with van der Waals surface area (Å²) in [6.07, 6.45) is 5.74. The number of benzene rings is 1. The van der Waals surface area contributed by atoms with Crippen molar-refractivity contribution in [2.24, 2.45) is 0 Å². The zero-order valence-electron chi connectivity index (χ0n) is 15.7. The molecule has 3 aromatic rings. The predicted octanol–water partition coefficient (Wildman–Crippen LogP) is 4.28. The van der Waals surface area contributed by atoms with Crippen LogP contribution in [0, 0.1) is 0 Å². The van der Waals surface area contributed by atoms with Gasteiger partial charge in [0.15, 0.2) is 5.82 Å². The van der Waals surface area contributed by atoms with Crippen LogP contribution in [0.25, 0.3) is 17.1 Å². The van der Waals surface area contributed by atoms with E-state index < -0.39 is 0 Å². The average Bonchev–Trinajstić information content (AvgIpc) is 3.21. The summed E-state index contributed by atoms with van der Waals surface area (Å²) in [6.45, 7) is 9.39. The lowest BCUT2D eigenvalue weighted by Gasteiger charge is -2.14. The quantitative estimate of drug-likeness (QED) is 0.591. The minimum atomic E-state index is 0.606. The fourth-order valence-corrected chi connectivity index (χ4v) is 3.48. The van der Waals surface area contributed by atoms with Crippen LogP contribution in [-0.2, 0) is 12.8 Å². The Kier molecular flexibility index (Phi) is 5.88. The molecule has 0 aliphatic heterocycles. The van der Waals surface area contributed by atoms with Gasteiger partial charge in [-0.15, -0.1) is 10.2 Å². The Morgan fingerprint density at radius 2 is 1.73 bits per heavy atom. The molecule has 0 saturated heterocycles. The zero-order valence-corrected chi connectivity index (χ0v) is 16.5. The van der Waals surface area contributed by atoms with Gasteiger partial charge >= 0.3 is 0 Å². The second-order valence-corrected chi connectivity index (χ2v) is 6.64. The Bertz CT molecular complexity index is 914. The fraction of sp³-hybridized carbons (Fsp3) is 0.421. The summed E-state index contributed by atoms with van der Waals surface area (Å²) < 4.78 is 13.4. The number of fused-ring (bicyclic) bond motifs is 1. The second-order valence-electron chi connectivity index (χ2n) is 5.66. The monoisotopic (exact) mass is 372 g/mol. The molecule has 1 aromatic carbocycles. The van der Waals surface area contributed by atoms with E-state index in [4.69, 9.17) is 9.47 Å². The fourth-order valence-electron chi connectivity index (χ4n) is 2.72. The molecule has 0 bridgehead atoms. The van der Waals surface area contributed by atoms with E-state index in [2.05, 4.69) is 28.3 Å². The second kappa shape index (κ2) is 8.31. The van der Waals surface area contributed by atoms with Gasteiger partial charge in [0.05, 0.1) is 13.2 Å². The van der Waals surface area contributed by atoms with Crippen LogP contribution in [0.15, 0.2) is 12.1 Å². The molecule has 3 rings (SSSR count). The summed E-state index contributed by atoms with van der Waals surface area (Å²) in [4.78, 5) is 0.812. The van der Waals surface area contributed by atoms with E-state index in [1.165, 1.54) is 16.9 Å². The van der Waals surface area contributed by atoms with Gasteiger partial charge in [-0.1, -0.05) is 25.2 Å². The molecule has 0 aliphatic carbocycles. The SMILES string of the molecule is CCOc1cc(OCC)c(CC)cc1/C=C/c1nn2c(CC)nnc2s1. The molecule has 0 saturated carbocycles. The first-order chi connectivity index (χ1) is 12.7. The van der Waals surface area contributed by atoms with Crippen LogP contribution in [-0.4, -0.2) is 33.0 Å². The van der Waals surface area contributed by atoms with Gasteiger partial charge in [0.1, 0.15) is 16.5 Å². The standard InChI is InChI=1S/C19H24N4O2S/c1-5-13-11-14(16(25-8-4)12-15(13)24-7-3)9-10-18-22-23-17(6-2)20-21-19(23)26-18/h9-12H,5-8H2,1-4H3/b10-9+. The normalized spacial score (nSPS) is 11.5. The Balaban J connectivity index is 1.95. The molecule has 26 heavy (non-hydrogen) atoms. The average molecular weight is 372 g/mol. The van der Waals surface area contributed by atoms with Crippen molar-refractivity contribution >= 4 is 28.4 Å². The number of aromatic nitrogens is 4. The first-order valence-electron chi connectivity index (χ1n) is 9.01. The third kappa shape index (κ3) is 3.72. The summed E-state index contributed by atoms with van der Waals surface area (Å²) >= 11 is 1.52. The maximum absolute atomic E-state index is 5.82. The highest BCUT2D eigenvalue weighted by Crippen LogP contribution is 2.31. The Morgan fingerprint density at radius 3 is 2.42 bits per heavy atom. The van der Waals surface area contributed by atoms with Gasteiger partial charge < -0.3 is 9.47 Å². The van der Waals surface area contributed by atoms with E-state index in [9.17, 15) is 0 Å². The molecule has 0 spiro atoms. The highest BCUT2D eigenvalue weighted by molar-refractivity contribution is 7.17. The van der Waals surface area contributed by atoms with Crippen molar-refractivity contribution in [2.45, 2.75) is 40.5 Å². The molecule has 2 aromatic heterocycles. The molecule has 0 amide bonds. The first kappa shape index (κ1) is 18.4. The third-order valence-corrected chi connectivity index (χ3v) is 4.83. The van der Waals surface area contributed by atoms with Crippen LogP contribution in [0.1, 0.15) is 49.7 Å². The topological polar surface area (TPSA) is 61.5 Å². The lowest BCUT2D eigenvalue weighted by Crippen LogP contribution is -2.00. The van der Waals surface area contributed by atoms with Crippen LogP contribution < -0.4 is 9.47 Å². The summed E-state index contributed by atoms with van der Waals surface area (Å²) in [7, 11) is 0. The Hall–Kier alpha value is -2.41. The number of rotatable bonds is 8. The molecule has 6 nitrogen and oxygen atoms in total. The molecular weight excluding hydrogens is 348 g/mol. The molecule has 7 heteroatoms. The van der Waals surface area contributed by atoms with Crippen LogP contribution in [0.4, 0.5) is 0 Å². The van der Waals surface area contributed by atoms with Crippen molar-refractivity contribution in [3.8, 4) is 11.5 Å². The molecular formula is C19H24N4O2S. The van der Waals surface area contributed by atoms with Gasteiger partial charge in [-0.3, -0.25) is 0 Å². The van der Waals surface area contributed by atoms with Crippen LogP contribution in [0.3, 0.4) is 0 Å². The number of aryl methyl sites for hydroxylation is 2. The maximum atomic E-state index is 5.82. The smallest absolute Gasteiger partial charge is 0.234 e. The number of ether oxygens (including phenoxy) is 2. The van der Waals surface area contributed by atoms with Crippen LogP contribution in [0.5, 0.6) is 11.5 Å². The number of hydrogen-bond acceptors (Lipinski definition) is 6. The molecule has 0 N–H and O–H groups in total. The van der Waals surface area contributed by atoms with Crippen molar-refractivity contribution in [1.29, 1.82) is 0 Å². The van der Waals surface area contributed by atoms with Crippen molar-refractivity contribution in [3.05, 3.63) is 34.1 Å². The highest BCUT2D eigenvalue weighted by atomic mass is 32.1. The van der Waals surface area contributed by atoms with Crippen LogP contribution >= 0.6 is 11.3 Å². The van der Waals surface area contributed by atoms with Crippen molar-refractivity contribution in [1.82, 2.24) is 19.8 Å². The van der Waals surface area contributed by atoms with Crippen LogP contribution in [0.2, 0.25) is 0 Å². The van der Waals surface area contributed by atoms with Crippen molar-refractivity contribution in [3.63, 3.8) is 0 Å². The van der Waals surface area contributed by atoms with Gasteiger partial charge in [-0.25, -0.2) is 0 Å². The lowest BCUT2D eigenvalue weighted by atomic mass is 10.1. The third-order valence-electron chi connectivity index (χ3n) is 3.97. The van der Waals surface area contributed by atoms with Crippen molar-refractivity contribution < 1.29 is 9.47 Å². The van der Waals surface area contributed by atoms with E-state index >= 15 is 0 Å². The summed E-state index contributed by atoms with van der Waals surface area (Å²) in [6, 6.07) is 4.11. The maximum Gasteiger partial charge on any atom is 0.234 e. The minimum Gasteiger partial charge on any atom is -0.493 e. The summed E-state index contributed by atoms with van der Waals surface area (Å²) in [5.74, 6) is 2.59. The molecule has 0 fully saturated rings. The highest BCUT2D eigenvalue weighted by Gasteiger charge is 2.11. The minimum absolute atomic E-state index is 0.606. The van der Waals surface area contributed by atoms with E-state index in [0.717, 1.165) is 45.7 Å². The van der Waals surface area contributed by atoms with E-state index in [1.807, 2.05) is 43.5 Å². The van der Waals surface area contributed by atoms with Gasteiger partial charge in [-0.2, -0.15) is 9.61 Å². The first-order valence-corrected chi connectivity index (χ1v) is 9.83. The summed E-state index contributed by atoms with van der Waals surface area (Å²) in [5, 5.41) is 13.8. The molecule has 138 valence electrons. The van der Waals surface area contributed by atoms with Crippen molar-refractivity contribution in [2.75, 3.05) is 13.2 Å². The summed E-state index contributed by atoms with van der Waals surface area (Å²) in [5.41, 5.74) is 2.19. The number of nitrogens with zero attached hydrogens (tertiary/aromatic N) is 4. The number of hydrogen-bond donors (Lipinski definition) is 0. The molecule has 0 radical (unpaired) electrons. The van der Waals surface area contributed by atoms with E-state index in [0.29, 0.717) is 13.2 Å². The van der Waals surface area contributed by atoms with E-state index in [1.54, 1.807) is 0 Å². The van der Waals surface area contributed by atoms with Gasteiger partial charge in [-0.05, 0) is 44.1 Å². The van der Waals surface area contributed by atoms with Gasteiger partial charge in [0, 0.05) is 18.1 Å². The zero-order chi connectivity index (χ0) is 18.5. The Labute approximate surface area is 157 Å². The largest absolute Gasteiger partial charge is 0.493 e. The molecule has 0 aliphatic rings. The molecule has 0 unspecified atom stereocenters. The van der Waals surface area contributed by atoms with E-state index in [-0.39, 0.29) is 0 Å². The molecule has 0 atom stereocenters. The van der Waals surface area contributed by atoms with Gasteiger partial charge in [0.2, 0.25) is 4.96 Å². The predicted molar refractivity (Wildman–Crippen MR) is 105 cm³/mol. The Morgan fingerprint density at radius 1 is 0.962 bits per heavy atom. The molecule has 2 heterocycles. The lowest BCUT2D eigenvalue weighted by molar-refractivity contribution is 0.320. The van der Waals surface area contributed by atoms with Gasteiger partial charge in [0.25, 0.3) is 0 Å².